The minimum atomic E-state index is -0.732. The Kier molecular flexibility index (Phi) is 7.06. The molecule has 0 aliphatic carbocycles. The fourth-order valence-electron chi connectivity index (χ4n) is 3.56. The molecule has 8 nitrogen and oxygen atoms in total. The molecule has 2 heterocycles. The van der Waals surface area contributed by atoms with Gasteiger partial charge >= 0.3 is 0 Å². The molecule has 1 aromatic rings. The smallest absolute Gasteiger partial charge is 0.261 e. The Hall–Kier alpha value is -2.92. The number of β-amino-alcohol motifs (C(OH)–C–C–N with tert-alkyl or cyclic N) is 1. The van der Waals surface area contributed by atoms with E-state index in [1.165, 1.54) is 10.5 Å². The molecule has 0 aromatic heterocycles. The summed E-state index contributed by atoms with van der Waals surface area (Å²) in [5, 5.41) is 20.9. The van der Waals surface area contributed by atoms with E-state index in [1.807, 2.05) is 24.3 Å². The Morgan fingerprint density at radius 2 is 2.07 bits per heavy atom. The molecule has 0 spiro atoms. The van der Waals surface area contributed by atoms with Crippen LogP contribution in [0.4, 0.5) is 0 Å². The first-order chi connectivity index (χ1) is 14.5. The summed E-state index contributed by atoms with van der Waals surface area (Å²) in [6, 6.07) is 6.82. The molecule has 2 aliphatic heterocycles. The van der Waals surface area contributed by atoms with Crippen molar-refractivity contribution in [3.05, 3.63) is 29.8 Å². The lowest BCUT2D eigenvalue weighted by atomic mass is 10.0. The fraction of sp³-hybridized carbons (Fsp3) is 0.545. The van der Waals surface area contributed by atoms with Gasteiger partial charge < -0.3 is 20.1 Å². The average Bonchev–Trinajstić information content (AvgIpc) is 3.41. The molecule has 0 bridgehead atoms. The quantitative estimate of drug-likeness (QED) is 0.571. The highest BCUT2D eigenvalue weighted by molar-refractivity contribution is 5.89. The second-order valence-electron chi connectivity index (χ2n) is 7.67. The molecule has 8 heteroatoms. The summed E-state index contributed by atoms with van der Waals surface area (Å²) >= 11 is 0. The molecule has 1 fully saturated rings. The summed E-state index contributed by atoms with van der Waals surface area (Å²) in [7, 11) is 0. The van der Waals surface area contributed by atoms with Gasteiger partial charge in [-0.05, 0) is 24.1 Å². The second-order valence-corrected chi connectivity index (χ2v) is 7.67. The number of hydrogen-bond acceptors (Lipinski definition) is 6. The van der Waals surface area contributed by atoms with Crippen molar-refractivity contribution in [3.8, 4) is 18.1 Å². The molecule has 2 amide bonds. The van der Waals surface area contributed by atoms with Crippen molar-refractivity contribution in [3.63, 3.8) is 0 Å². The van der Waals surface area contributed by atoms with Crippen LogP contribution < -0.4 is 10.1 Å². The third kappa shape index (κ3) is 5.57. The monoisotopic (exact) mass is 412 g/mol. The molecule has 1 saturated heterocycles. The first-order valence-corrected chi connectivity index (χ1v) is 10.3. The van der Waals surface area contributed by atoms with E-state index in [0.717, 1.165) is 6.42 Å². The average molecular weight is 412 g/mol. The Balaban J connectivity index is 1.48. The lowest BCUT2D eigenvalue weighted by Crippen LogP contribution is -2.47. The lowest BCUT2D eigenvalue weighted by Gasteiger charge is -2.24. The number of aryl methyl sites for hydroxylation is 1. The molecule has 3 rings (SSSR count). The Labute approximate surface area is 176 Å². The van der Waals surface area contributed by atoms with Crippen molar-refractivity contribution in [2.75, 3.05) is 19.7 Å². The molecule has 2 aliphatic rings. The van der Waals surface area contributed by atoms with Gasteiger partial charge in [-0.25, -0.2) is 0 Å². The number of nitrogens with one attached hydrogen (secondary N) is 1. The maximum Gasteiger partial charge on any atom is 0.261 e. The molecular weight excluding hydrogens is 384 g/mol. The minimum Gasteiger partial charge on any atom is -0.484 e. The Morgan fingerprint density at radius 1 is 1.33 bits per heavy atom. The molecule has 0 radical (unpaired) electrons. The summed E-state index contributed by atoms with van der Waals surface area (Å²) in [5.41, 5.74) is 0.715. The van der Waals surface area contributed by atoms with Crippen LogP contribution in [-0.4, -0.2) is 59.3 Å². The maximum absolute atomic E-state index is 12.6. The summed E-state index contributed by atoms with van der Waals surface area (Å²) in [5.74, 6) is 2.54. The molecular formula is C22H28N4O4. The normalized spacial score (nSPS) is 21.2. The van der Waals surface area contributed by atoms with Crippen LogP contribution >= 0.6 is 0 Å². The van der Waals surface area contributed by atoms with Gasteiger partial charge in [0.25, 0.3) is 5.91 Å². The van der Waals surface area contributed by atoms with E-state index in [0.29, 0.717) is 31.6 Å². The zero-order valence-corrected chi connectivity index (χ0v) is 17.2. The standard InChI is InChI=1S/C22H28N4O4/c1-3-5-10-22(24-25-22)11-12-23-21(29)19-13-17(27)14-26(19)20(28)15-30-18-8-6-16(4-2)7-9-18/h1,6-9,17,19,27H,4-5,10-15H2,2H3,(H,23,29). The van der Waals surface area contributed by atoms with Crippen molar-refractivity contribution in [2.45, 2.75) is 56.8 Å². The Morgan fingerprint density at radius 3 is 2.70 bits per heavy atom. The first kappa shape index (κ1) is 21.8. The van der Waals surface area contributed by atoms with E-state index in [4.69, 9.17) is 11.2 Å². The van der Waals surface area contributed by atoms with Gasteiger partial charge in [0, 0.05) is 38.8 Å². The molecule has 1 aromatic carbocycles. The summed E-state index contributed by atoms with van der Waals surface area (Å²) in [6.45, 7) is 2.38. The van der Waals surface area contributed by atoms with Crippen molar-refractivity contribution >= 4 is 11.8 Å². The third-order valence-corrected chi connectivity index (χ3v) is 5.47. The number of terminal acetylenes is 1. The highest BCUT2D eigenvalue weighted by Gasteiger charge is 2.41. The summed E-state index contributed by atoms with van der Waals surface area (Å²) < 4.78 is 5.57. The van der Waals surface area contributed by atoms with E-state index < -0.39 is 17.8 Å². The SMILES string of the molecule is C#CCCC1(CCNC(=O)C2CC(O)CN2C(=O)COc2ccc(CC)cc2)N=N1. The number of rotatable bonds is 10. The van der Waals surface area contributed by atoms with Crippen LogP contribution in [0.3, 0.4) is 0 Å². The van der Waals surface area contributed by atoms with E-state index in [9.17, 15) is 14.7 Å². The second kappa shape index (κ2) is 9.72. The van der Waals surface area contributed by atoms with E-state index in [2.05, 4.69) is 28.4 Å². The molecule has 0 saturated carbocycles. The molecule has 2 unspecified atom stereocenters. The van der Waals surface area contributed by atoms with Gasteiger partial charge in [-0.2, -0.15) is 10.2 Å². The predicted molar refractivity (Wildman–Crippen MR) is 111 cm³/mol. The zero-order chi connectivity index (χ0) is 21.6. The minimum absolute atomic E-state index is 0.117. The van der Waals surface area contributed by atoms with Gasteiger partial charge in [-0.3, -0.25) is 9.59 Å². The van der Waals surface area contributed by atoms with E-state index in [1.54, 1.807) is 0 Å². The molecule has 2 atom stereocenters. The molecule has 30 heavy (non-hydrogen) atoms. The van der Waals surface area contributed by atoms with Crippen LogP contribution in [0.15, 0.2) is 34.5 Å². The first-order valence-electron chi connectivity index (χ1n) is 10.3. The number of benzene rings is 1. The van der Waals surface area contributed by atoms with E-state index in [-0.39, 0.29) is 31.4 Å². The van der Waals surface area contributed by atoms with Gasteiger partial charge in [0.15, 0.2) is 12.3 Å². The van der Waals surface area contributed by atoms with E-state index >= 15 is 0 Å². The molecule has 160 valence electrons. The Bertz CT molecular complexity index is 825. The van der Waals surface area contributed by atoms with Gasteiger partial charge in [-0.1, -0.05) is 19.1 Å². The maximum atomic E-state index is 12.6. The van der Waals surface area contributed by atoms with Gasteiger partial charge in [0.1, 0.15) is 11.8 Å². The highest BCUT2D eigenvalue weighted by Crippen LogP contribution is 2.36. The number of carbonyl (C=O) groups is 2. The van der Waals surface area contributed by atoms with Crippen LogP contribution in [0.2, 0.25) is 0 Å². The van der Waals surface area contributed by atoms with Crippen molar-refractivity contribution in [2.24, 2.45) is 10.2 Å². The van der Waals surface area contributed by atoms with Crippen LogP contribution in [0.25, 0.3) is 0 Å². The number of hydrogen-bond donors (Lipinski definition) is 2. The summed E-state index contributed by atoms with van der Waals surface area (Å²) in [6.07, 6.45) is 7.50. The number of ether oxygens (including phenoxy) is 1. The van der Waals surface area contributed by atoms with Crippen LogP contribution in [0.5, 0.6) is 5.75 Å². The topological polar surface area (TPSA) is 104 Å². The van der Waals surface area contributed by atoms with Gasteiger partial charge in [-0.15, -0.1) is 12.3 Å². The third-order valence-electron chi connectivity index (χ3n) is 5.47. The molecule has 2 N–H and O–H groups in total. The van der Waals surface area contributed by atoms with Crippen LogP contribution in [0, 0.1) is 12.3 Å². The fourth-order valence-corrected chi connectivity index (χ4v) is 3.56. The van der Waals surface area contributed by atoms with Crippen LogP contribution in [-0.2, 0) is 16.0 Å². The van der Waals surface area contributed by atoms with Crippen molar-refractivity contribution < 1.29 is 19.4 Å². The van der Waals surface area contributed by atoms with Gasteiger partial charge in [0.05, 0.1) is 6.10 Å². The lowest BCUT2D eigenvalue weighted by molar-refractivity contribution is -0.140. The van der Waals surface area contributed by atoms with Crippen LogP contribution in [0.1, 0.15) is 38.2 Å². The van der Waals surface area contributed by atoms with Gasteiger partial charge in [0.2, 0.25) is 5.91 Å². The largest absolute Gasteiger partial charge is 0.484 e. The number of aliphatic hydroxyl groups excluding tert-OH is 1. The van der Waals surface area contributed by atoms with Crippen molar-refractivity contribution in [1.29, 1.82) is 0 Å². The number of nitrogens with zero attached hydrogens (tertiary/aromatic N) is 3. The number of carbonyl (C=O) groups excluding carboxylic acids is 2. The summed E-state index contributed by atoms with van der Waals surface area (Å²) in [4.78, 5) is 26.6. The number of amides is 2. The predicted octanol–water partition coefficient (Wildman–Crippen LogP) is 1.67. The zero-order valence-electron chi connectivity index (χ0n) is 17.2. The highest BCUT2D eigenvalue weighted by atomic mass is 16.5. The number of aliphatic hydroxyl groups is 1. The van der Waals surface area contributed by atoms with Crippen molar-refractivity contribution in [1.82, 2.24) is 10.2 Å². The number of likely N-dealkylation sites (tertiary alicyclic amines) is 1.